The Bertz CT molecular complexity index is 519. The van der Waals surface area contributed by atoms with Crippen molar-refractivity contribution in [1.82, 2.24) is 4.90 Å². The Hall–Kier alpha value is -1.35. The Balaban J connectivity index is 1.44. The number of nitrogens with zero attached hydrogens (tertiary/aromatic N) is 2. The van der Waals surface area contributed by atoms with Gasteiger partial charge in [0.1, 0.15) is 0 Å². The molecule has 0 radical (unpaired) electrons. The lowest BCUT2D eigenvalue weighted by molar-refractivity contribution is 0.151. The van der Waals surface area contributed by atoms with Crippen LogP contribution in [-0.4, -0.2) is 35.0 Å². The minimum atomic E-state index is 0.436. The van der Waals surface area contributed by atoms with Crippen molar-refractivity contribution in [3.63, 3.8) is 0 Å². The van der Waals surface area contributed by atoms with Gasteiger partial charge >= 0.3 is 0 Å². The highest BCUT2D eigenvalue weighted by Crippen LogP contribution is 2.46. The normalized spacial score (nSPS) is 35.6. The first kappa shape index (κ1) is 13.3. The molecule has 1 heterocycles. The summed E-state index contributed by atoms with van der Waals surface area (Å²) in [5, 5.41) is 13.1. The average molecular weight is 284 g/mol. The summed E-state index contributed by atoms with van der Waals surface area (Å²) >= 11 is 0. The summed E-state index contributed by atoms with van der Waals surface area (Å²) in [6.07, 6.45) is 6.28. The molecule has 0 amide bonds. The summed E-state index contributed by atoms with van der Waals surface area (Å²) in [5.41, 5.74) is 2.57. The summed E-state index contributed by atoms with van der Waals surface area (Å²) in [5.74, 6) is 2.02. The highest BCUT2D eigenvalue weighted by molar-refractivity contribution is 5.94. The predicted molar refractivity (Wildman–Crippen MR) is 83.8 cm³/mol. The number of likely N-dealkylation sites (tertiary alicyclic amines) is 1. The lowest BCUT2D eigenvalue weighted by Gasteiger charge is -2.39. The smallest absolute Gasteiger partial charge is 0.0775 e. The standard InChI is InChI=1S/C18H24N2O/c21-19-17-15-6-7-16(12-15)18(17)20-10-8-14(9-11-20)13-4-2-1-3-5-13/h1-5,14-16,18,21H,6-12H2/b19-17-/t15-,16-,18+/m0/s1. The van der Waals surface area contributed by atoms with Crippen molar-refractivity contribution in [1.29, 1.82) is 0 Å². The number of hydrogen-bond acceptors (Lipinski definition) is 3. The molecule has 0 aromatic heterocycles. The molecule has 1 aliphatic heterocycles. The van der Waals surface area contributed by atoms with E-state index in [0.29, 0.717) is 17.9 Å². The second-order valence-corrected chi connectivity index (χ2v) is 6.96. The molecule has 1 aromatic carbocycles. The maximum atomic E-state index is 9.38. The van der Waals surface area contributed by atoms with Gasteiger partial charge in [-0.3, -0.25) is 4.90 Å². The number of piperidine rings is 1. The fourth-order valence-electron chi connectivity index (χ4n) is 4.92. The van der Waals surface area contributed by atoms with Gasteiger partial charge in [-0.25, -0.2) is 0 Å². The zero-order valence-electron chi connectivity index (χ0n) is 12.5. The van der Waals surface area contributed by atoms with E-state index in [4.69, 9.17) is 0 Å². The van der Waals surface area contributed by atoms with E-state index >= 15 is 0 Å². The molecule has 21 heavy (non-hydrogen) atoms. The maximum Gasteiger partial charge on any atom is 0.0775 e. The van der Waals surface area contributed by atoms with E-state index in [1.54, 1.807) is 0 Å². The zero-order valence-corrected chi connectivity index (χ0v) is 12.5. The summed E-state index contributed by atoms with van der Waals surface area (Å²) in [4.78, 5) is 2.60. The minimum Gasteiger partial charge on any atom is -0.411 e. The van der Waals surface area contributed by atoms with Crippen LogP contribution >= 0.6 is 0 Å². The van der Waals surface area contributed by atoms with E-state index in [1.807, 2.05) is 0 Å². The van der Waals surface area contributed by atoms with Crippen molar-refractivity contribution >= 4 is 5.71 Å². The highest BCUT2D eigenvalue weighted by atomic mass is 16.4. The van der Waals surface area contributed by atoms with Crippen LogP contribution in [0, 0.1) is 11.8 Å². The molecule has 1 N–H and O–H groups in total. The van der Waals surface area contributed by atoms with Gasteiger partial charge in [0.15, 0.2) is 0 Å². The number of hydrogen-bond donors (Lipinski definition) is 1. The first-order chi connectivity index (χ1) is 10.4. The van der Waals surface area contributed by atoms with Gasteiger partial charge in [-0.1, -0.05) is 35.5 Å². The van der Waals surface area contributed by atoms with Crippen molar-refractivity contribution in [2.75, 3.05) is 13.1 Å². The average Bonchev–Trinajstić information content (AvgIpc) is 3.16. The van der Waals surface area contributed by atoms with Crippen molar-refractivity contribution in [2.45, 2.75) is 44.1 Å². The summed E-state index contributed by atoms with van der Waals surface area (Å²) in [6, 6.07) is 11.3. The molecule has 3 fully saturated rings. The fourth-order valence-corrected chi connectivity index (χ4v) is 4.92. The molecule has 1 saturated heterocycles. The molecule has 112 valence electrons. The molecular weight excluding hydrogens is 260 g/mol. The van der Waals surface area contributed by atoms with E-state index in [-0.39, 0.29) is 0 Å². The molecule has 1 aromatic rings. The van der Waals surface area contributed by atoms with Crippen LogP contribution in [0.25, 0.3) is 0 Å². The quantitative estimate of drug-likeness (QED) is 0.666. The van der Waals surface area contributed by atoms with Crippen LogP contribution < -0.4 is 0 Å². The topological polar surface area (TPSA) is 35.8 Å². The van der Waals surface area contributed by atoms with Gasteiger partial charge in [-0.2, -0.15) is 0 Å². The molecule has 3 atom stereocenters. The van der Waals surface area contributed by atoms with Crippen LogP contribution in [-0.2, 0) is 0 Å². The third-order valence-corrected chi connectivity index (χ3v) is 5.95. The van der Waals surface area contributed by atoms with Gasteiger partial charge in [0.05, 0.1) is 11.8 Å². The second kappa shape index (κ2) is 5.45. The van der Waals surface area contributed by atoms with E-state index in [0.717, 1.165) is 24.7 Å². The Morgan fingerprint density at radius 3 is 2.43 bits per heavy atom. The van der Waals surface area contributed by atoms with Gasteiger partial charge < -0.3 is 5.21 Å². The van der Waals surface area contributed by atoms with Crippen LogP contribution in [0.5, 0.6) is 0 Å². The molecule has 3 heteroatoms. The molecule has 4 rings (SSSR count). The Labute approximate surface area is 126 Å². The lowest BCUT2D eigenvalue weighted by atomic mass is 9.86. The largest absolute Gasteiger partial charge is 0.411 e. The number of fused-ring (bicyclic) bond motifs is 2. The van der Waals surface area contributed by atoms with E-state index in [1.165, 1.54) is 37.7 Å². The van der Waals surface area contributed by atoms with Crippen LogP contribution in [0.15, 0.2) is 35.5 Å². The van der Waals surface area contributed by atoms with Crippen molar-refractivity contribution in [2.24, 2.45) is 17.0 Å². The second-order valence-electron chi connectivity index (χ2n) is 6.96. The Morgan fingerprint density at radius 2 is 1.71 bits per heavy atom. The highest BCUT2D eigenvalue weighted by Gasteiger charge is 2.48. The fraction of sp³-hybridized carbons (Fsp3) is 0.611. The monoisotopic (exact) mass is 284 g/mol. The van der Waals surface area contributed by atoms with Crippen molar-refractivity contribution in [3.8, 4) is 0 Å². The number of rotatable bonds is 2. The van der Waals surface area contributed by atoms with Gasteiger partial charge in [0, 0.05) is 5.92 Å². The minimum absolute atomic E-state index is 0.436. The van der Waals surface area contributed by atoms with Crippen LogP contribution in [0.4, 0.5) is 0 Å². The van der Waals surface area contributed by atoms with Crippen LogP contribution in [0.3, 0.4) is 0 Å². The Kier molecular flexibility index (Phi) is 3.46. The van der Waals surface area contributed by atoms with Gasteiger partial charge in [0.2, 0.25) is 0 Å². The summed E-state index contributed by atoms with van der Waals surface area (Å²) in [6.45, 7) is 2.29. The van der Waals surface area contributed by atoms with Crippen LogP contribution in [0.2, 0.25) is 0 Å². The SMILES string of the molecule is O/N=C1/[C@H]2CC[C@@H](C2)[C@H]1N1CCC(c2ccccc2)CC1. The maximum absolute atomic E-state index is 9.38. The molecular formula is C18H24N2O. The van der Waals surface area contributed by atoms with Crippen LogP contribution in [0.1, 0.15) is 43.6 Å². The van der Waals surface area contributed by atoms with Crippen molar-refractivity contribution in [3.05, 3.63) is 35.9 Å². The van der Waals surface area contributed by atoms with Gasteiger partial charge in [0.25, 0.3) is 0 Å². The van der Waals surface area contributed by atoms with E-state index < -0.39 is 0 Å². The third kappa shape index (κ3) is 2.28. The molecule has 3 nitrogen and oxygen atoms in total. The first-order valence-electron chi connectivity index (χ1n) is 8.37. The first-order valence-corrected chi connectivity index (χ1v) is 8.37. The molecule has 0 spiro atoms. The molecule has 2 bridgehead atoms. The van der Waals surface area contributed by atoms with Crippen molar-refractivity contribution < 1.29 is 5.21 Å². The zero-order chi connectivity index (χ0) is 14.2. The number of oxime groups is 1. The molecule has 2 saturated carbocycles. The van der Waals surface area contributed by atoms with Gasteiger partial charge in [-0.05, 0) is 62.6 Å². The predicted octanol–water partition coefficient (Wildman–Crippen LogP) is 3.49. The van der Waals surface area contributed by atoms with E-state index in [9.17, 15) is 5.21 Å². The van der Waals surface area contributed by atoms with Gasteiger partial charge in [-0.15, -0.1) is 0 Å². The summed E-state index contributed by atoms with van der Waals surface area (Å²) in [7, 11) is 0. The number of benzene rings is 1. The summed E-state index contributed by atoms with van der Waals surface area (Å²) < 4.78 is 0. The Morgan fingerprint density at radius 1 is 0.952 bits per heavy atom. The molecule has 3 aliphatic rings. The molecule has 0 unspecified atom stereocenters. The lowest BCUT2D eigenvalue weighted by Crippen LogP contribution is -2.48. The third-order valence-electron chi connectivity index (χ3n) is 5.95. The van der Waals surface area contributed by atoms with E-state index in [2.05, 4.69) is 40.4 Å². The molecule has 2 aliphatic carbocycles.